The molecule has 0 bridgehead atoms. The van der Waals surface area contributed by atoms with Crippen LogP contribution in [0.25, 0.3) is 10.9 Å². The molecule has 1 fully saturated rings. The zero-order chi connectivity index (χ0) is 19.7. The average Bonchev–Trinajstić information content (AvgIpc) is 3.22. The van der Waals surface area contributed by atoms with Gasteiger partial charge in [-0.05, 0) is 24.1 Å². The van der Waals surface area contributed by atoms with Gasteiger partial charge in [0, 0.05) is 29.7 Å². The molecule has 1 aliphatic heterocycles. The highest BCUT2D eigenvalue weighted by Crippen LogP contribution is 2.31. The third-order valence-corrected chi connectivity index (χ3v) is 4.93. The van der Waals surface area contributed by atoms with E-state index in [9.17, 15) is 19.7 Å². The number of hydrogen-bond donors (Lipinski definition) is 2. The highest BCUT2D eigenvalue weighted by Gasteiger charge is 2.41. The first kappa shape index (κ1) is 17.9. The fraction of sp³-hybridized carbons (Fsp3) is 0.200. The quantitative estimate of drug-likeness (QED) is 0.389. The number of hydrogen-bond acceptors (Lipinski definition) is 5. The van der Waals surface area contributed by atoms with E-state index in [2.05, 4.69) is 10.3 Å². The van der Waals surface area contributed by atoms with Crippen molar-refractivity contribution < 1.29 is 14.5 Å². The monoisotopic (exact) mass is 378 g/mol. The van der Waals surface area contributed by atoms with E-state index in [0.717, 1.165) is 21.4 Å². The summed E-state index contributed by atoms with van der Waals surface area (Å²) in [6.07, 6.45) is 2.61. The van der Waals surface area contributed by atoms with Gasteiger partial charge in [0.25, 0.3) is 11.6 Å². The number of imide groups is 1. The average molecular weight is 378 g/mol. The van der Waals surface area contributed by atoms with Crippen LogP contribution in [-0.4, -0.2) is 34.3 Å². The fourth-order valence-electron chi connectivity index (χ4n) is 3.57. The van der Waals surface area contributed by atoms with Crippen LogP contribution in [0.5, 0.6) is 0 Å². The Bertz CT molecular complexity index is 1070. The van der Waals surface area contributed by atoms with E-state index >= 15 is 0 Å². The van der Waals surface area contributed by atoms with E-state index in [1.165, 1.54) is 18.2 Å². The zero-order valence-electron chi connectivity index (χ0n) is 14.9. The first-order valence-corrected chi connectivity index (χ1v) is 8.95. The number of anilines is 1. The van der Waals surface area contributed by atoms with Crippen molar-refractivity contribution in [2.75, 3.05) is 11.4 Å². The number of aromatic nitrogens is 1. The first-order valence-electron chi connectivity index (χ1n) is 8.95. The lowest BCUT2D eigenvalue weighted by Gasteiger charge is -2.15. The second-order valence-electron chi connectivity index (χ2n) is 6.63. The summed E-state index contributed by atoms with van der Waals surface area (Å²) in [4.78, 5) is 39.8. The van der Waals surface area contributed by atoms with Crippen molar-refractivity contribution in [1.29, 1.82) is 0 Å². The van der Waals surface area contributed by atoms with Crippen LogP contribution in [0.2, 0.25) is 0 Å². The molecule has 4 rings (SSSR count). The predicted molar refractivity (Wildman–Crippen MR) is 104 cm³/mol. The molecule has 28 heavy (non-hydrogen) atoms. The molecule has 2 amide bonds. The number of carbonyl (C=O) groups excluding carboxylic acids is 2. The van der Waals surface area contributed by atoms with Crippen molar-refractivity contribution in [1.82, 2.24) is 10.3 Å². The Morgan fingerprint density at radius 1 is 1.14 bits per heavy atom. The number of nitrogens with zero attached hydrogens (tertiary/aromatic N) is 2. The Labute approximate surface area is 160 Å². The molecule has 0 saturated carbocycles. The van der Waals surface area contributed by atoms with E-state index in [-0.39, 0.29) is 17.8 Å². The molecule has 2 aromatic carbocycles. The van der Waals surface area contributed by atoms with E-state index < -0.39 is 22.8 Å². The Morgan fingerprint density at radius 3 is 2.71 bits per heavy atom. The number of nitrogens with one attached hydrogen (secondary N) is 2. The maximum atomic E-state index is 12.7. The minimum Gasteiger partial charge on any atom is -0.361 e. The number of nitro benzene ring substituents is 1. The van der Waals surface area contributed by atoms with Crippen LogP contribution in [0.1, 0.15) is 12.0 Å². The Kier molecular flexibility index (Phi) is 4.62. The minimum atomic E-state index is -0.683. The van der Waals surface area contributed by atoms with Gasteiger partial charge in [0.1, 0.15) is 5.69 Å². The molecular weight excluding hydrogens is 360 g/mol. The van der Waals surface area contributed by atoms with Crippen molar-refractivity contribution in [3.05, 3.63) is 70.4 Å². The molecular formula is C20H18N4O4. The molecule has 3 aromatic rings. The summed E-state index contributed by atoms with van der Waals surface area (Å²) in [5, 5.41) is 15.5. The van der Waals surface area contributed by atoms with Gasteiger partial charge in [0.2, 0.25) is 5.91 Å². The second kappa shape index (κ2) is 7.24. The van der Waals surface area contributed by atoms with Gasteiger partial charge in [-0.25, -0.2) is 4.90 Å². The number of amides is 2. The van der Waals surface area contributed by atoms with Crippen molar-refractivity contribution >= 4 is 34.1 Å². The number of para-hydroxylation sites is 3. The van der Waals surface area contributed by atoms with Crippen LogP contribution in [0.15, 0.2) is 54.7 Å². The molecule has 0 spiro atoms. The largest absolute Gasteiger partial charge is 0.361 e. The standard InChI is InChI=1S/C20H18N4O4/c25-19-11-16(20(26)23(19)17-7-3-4-8-18(17)24(27)28)21-10-9-13-12-22-15-6-2-1-5-14(13)15/h1-8,12,16,21-22H,9-11H2/t16-/m1/s1. The predicted octanol–water partition coefficient (Wildman–Crippen LogP) is 2.54. The Balaban J connectivity index is 1.45. The molecule has 8 nitrogen and oxygen atoms in total. The zero-order valence-corrected chi connectivity index (χ0v) is 14.9. The number of aromatic amines is 1. The van der Waals surface area contributed by atoms with Gasteiger partial charge in [-0.3, -0.25) is 19.7 Å². The normalized spacial score (nSPS) is 16.9. The molecule has 0 unspecified atom stereocenters. The van der Waals surface area contributed by atoms with Gasteiger partial charge in [0.15, 0.2) is 0 Å². The van der Waals surface area contributed by atoms with E-state index in [1.807, 2.05) is 30.5 Å². The van der Waals surface area contributed by atoms with Crippen LogP contribution in [0, 0.1) is 10.1 Å². The van der Waals surface area contributed by atoms with Crippen molar-refractivity contribution in [3.8, 4) is 0 Å². The summed E-state index contributed by atoms with van der Waals surface area (Å²) in [6.45, 7) is 0.510. The van der Waals surface area contributed by atoms with Crippen LogP contribution < -0.4 is 10.2 Å². The molecule has 2 N–H and O–H groups in total. The van der Waals surface area contributed by atoms with Gasteiger partial charge >= 0.3 is 0 Å². The van der Waals surface area contributed by atoms with E-state index in [1.54, 1.807) is 6.07 Å². The van der Waals surface area contributed by atoms with Gasteiger partial charge in [-0.2, -0.15) is 0 Å². The summed E-state index contributed by atoms with van der Waals surface area (Å²) in [5.41, 5.74) is 1.93. The fourth-order valence-corrected chi connectivity index (χ4v) is 3.57. The van der Waals surface area contributed by atoms with Crippen LogP contribution >= 0.6 is 0 Å². The molecule has 1 aromatic heterocycles. The number of benzene rings is 2. The Hall–Kier alpha value is -3.52. The van der Waals surface area contributed by atoms with Gasteiger partial charge in [-0.15, -0.1) is 0 Å². The first-order chi connectivity index (χ1) is 13.6. The molecule has 8 heteroatoms. The van der Waals surface area contributed by atoms with Gasteiger partial charge in [0.05, 0.1) is 17.4 Å². The van der Waals surface area contributed by atoms with Gasteiger partial charge in [-0.1, -0.05) is 30.3 Å². The maximum absolute atomic E-state index is 12.7. The number of fused-ring (bicyclic) bond motifs is 1. The maximum Gasteiger partial charge on any atom is 0.293 e. The summed E-state index contributed by atoms with van der Waals surface area (Å²) in [5.74, 6) is -0.901. The lowest BCUT2D eigenvalue weighted by molar-refractivity contribution is -0.384. The molecule has 0 radical (unpaired) electrons. The number of nitro groups is 1. The molecule has 2 heterocycles. The number of rotatable bonds is 6. The number of H-pyrrole nitrogens is 1. The van der Waals surface area contributed by atoms with E-state index in [4.69, 9.17) is 0 Å². The summed E-state index contributed by atoms with van der Waals surface area (Å²) in [7, 11) is 0. The molecule has 1 atom stereocenters. The Morgan fingerprint density at radius 2 is 1.89 bits per heavy atom. The third kappa shape index (κ3) is 3.14. The van der Waals surface area contributed by atoms with Crippen LogP contribution in [-0.2, 0) is 16.0 Å². The smallest absolute Gasteiger partial charge is 0.293 e. The summed E-state index contributed by atoms with van der Waals surface area (Å²) in [6, 6.07) is 13.0. The summed E-state index contributed by atoms with van der Waals surface area (Å²) >= 11 is 0. The highest BCUT2D eigenvalue weighted by atomic mass is 16.6. The molecule has 1 saturated heterocycles. The van der Waals surface area contributed by atoms with Crippen molar-refractivity contribution in [3.63, 3.8) is 0 Å². The highest BCUT2D eigenvalue weighted by molar-refractivity contribution is 6.23. The summed E-state index contributed by atoms with van der Waals surface area (Å²) < 4.78 is 0. The van der Waals surface area contributed by atoms with Crippen molar-refractivity contribution in [2.45, 2.75) is 18.9 Å². The SMILES string of the molecule is O=C1C[C@@H](NCCc2c[nH]c3ccccc23)C(=O)N1c1ccccc1[N+](=O)[O-]. The number of carbonyl (C=O) groups is 2. The third-order valence-electron chi connectivity index (χ3n) is 4.93. The molecule has 142 valence electrons. The topological polar surface area (TPSA) is 108 Å². The lowest BCUT2D eigenvalue weighted by Crippen LogP contribution is -2.39. The minimum absolute atomic E-state index is 0.0151. The lowest BCUT2D eigenvalue weighted by atomic mass is 10.1. The second-order valence-corrected chi connectivity index (χ2v) is 6.63. The molecule has 1 aliphatic rings. The van der Waals surface area contributed by atoms with Gasteiger partial charge < -0.3 is 10.3 Å². The van der Waals surface area contributed by atoms with E-state index in [0.29, 0.717) is 13.0 Å². The van der Waals surface area contributed by atoms with Crippen molar-refractivity contribution in [2.24, 2.45) is 0 Å². The molecule has 0 aliphatic carbocycles. The van der Waals surface area contributed by atoms with Crippen LogP contribution in [0.4, 0.5) is 11.4 Å². The van der Waals surface area contributed by atoms with Crippen LogP contribution in [0.3, 0.4) is 0 Å².